The molecule has 0 fully saturated rings. The van der Waals surface area contributed by atoms with E-state index in [2.05, 4.69) is 122 Å². The van der Waals surface area contributed by atoms with E-state index >= 15 is 0 Å². The Morgan fingerprint density at radius 2 is 1.40 bits per heavy atom. The van der Waals surface area contributed by atoms with Crippen molar-refractivity contribution in [3.05, 3.63) is 156 Å². The maximum atomic E-state index is 7.28. The Labute approximate surface area is 289 Å². The number of aromatic nitrogens is 2. The van der Waals surface area contributed by atoms with Crippen LogP contribution in [0.4, 0.5) is 0 Å². The summed E-state index contributed by atoms with van der Waals surface area (Å²) in [4.78, 5) is 8.71. The first-order valence-corrected chi connectivity index (χ1v) is 14.6. The zero-order valence-electron chi connectivity index (χ0n) is 31.4. The topological polar surface area (TPSA) is 25.8 Å². The van der Waals surface area contributed by atoms with Crippen LogP contribution >= 0.6 is 0 Å². The zero-order chi connectivity index (χ0) is 35.7. The van der Waals surface area contributed by atoms with Crippen molar-refractivity contribution in [2.75, 3.05) is 0 Å². The number of pyridine rings is 2. The molecule has 0 saturated carbocycles. The van der Waals surface area contributed by atoms with Gasteiger partial charge in [0.15, 0.2) is 0 Å². The van der Waals surface area contributed by atoms with E-state index in [0.29, 0.717) is 11.3 Å². The molecule has 0 unspecified atom stereocenters. The number of aryl methyl sites for hydroxylation is 2. The van der Waals surface area contributed by atoms with Gasteiger partial charge in [0.2, 0.25) is 0 Å². The van der Waals surface area contributed by atoms with E-state index in [1.54, 1.807) is 12.1 Å². The van der Waals surface area contributed by atoms with E-state index in [-0.39, 0.29) is 36.6 Å². The van der Waals surface area contributed by atoms with E-state index in [4.69, 9.17) is 8.22 Å². The minimum Gasteiger partial charge on any atom is -0.305 e. The van der Waals surface area contributed by atoms with Crippen molar-refractivity contribution in [1.82, 2.24) is 9.97 Å². The van der Waals surface area contributed by atoms with Crippen LogP contribution in [0.3, 0.4) is 0 Å². The number of benzene rings is 5. The van der Waals surface area contributed by atoms with Crippen LogP contribution in [0.25, 0.3) is 55.2 Å². The summed E-state index contributed by atoms with van der Waals surface area (Å²) in [6, 6.07) is 44.1. The fourth-order valence-electron chi connectivity index (χ4n) is 5.26. The molecule has 0 aliphatic heterocycles. The Morgan fingerprint density at radius 1 is 0.644 bits per heavy atom. The molecule has 1 radical (unpaired) electrons. The van der Waals surface area contributed by atoms with Gasteiger partial charge >= 0.3 is 0 Å². The van der Waals surface area contributed by atoms with Crippen molar-refractivity contribution in [2.24, 2.45) is 0 Å². The maximum absolute atomic E-state index is 7.28. The Balaban J connectivity index is 0.000000211. The summed E-state index contributed by atoms with van der Waals surface area (Å²) in [5, 5.41) is 5.10. The van der Waals surface area contributed by atoms with Crippen LogP contribution in [0, 0.1) is 25.8 Å². The van der Waals surface area contributed by atoms with Crippen LogP contribution in [-0.2, 0) is 25.5 Å². The van der Waals surface area contributed by atoms with Gasteiger partial charge in [-0.2, -0.15) is 0 Å². The molecular weight excluding hydrogens is 725 g/mol. The van der Waals surface area contributed by atoms with Gasteiger partial charge in [-0.15, -0.1) is 70.8 Å². The monoisotopic (exact) mass is 767 g/mol. The second kappa shape index (κ2) is 13.7. The van der Waals surface area contributed by atoms with Gasteiger partial charge in [-0.05, 0) is 74.0 Å². The van der Waals surface area contributed by atoms with Gasteiger partial charge in [0, 0.05) is 40.7 Å². The first kappa shape index (κ1) is 24.8. The summed E-state index contributed by atoms with van der Waals surface area (Å²) in [5.41, 5.74) is 7.34. The van der Waals surface area contributed by atoms with Crippen molar-refractivity contribution in [2.45, 2.75) is 39.9 Å². The average molecular weight is 767 g/mol. The molecule has 5 aromatic carbocycles. The van der Waals surface area contributed by atoms with Crippen LogP contribution in [0.5, 0.6) is 0 Å². The van der Waals surface area contributed by atoms with Crippen molar-refractivity contribution in [3.63, 3.8) is 0 Å². The fraction of sp³-hybridized carbons (Fsp3) is 0.143. The minimum atomic E-state index is -2.18. The number of nitrogens with zero attached hydrogens (tertiary/aromatic N) is 2. The predicted octanol–water partition coefficient (Wildman–Crippen LogP) is 11.0. The van der Waals surface area contributed by atoms with E-state index in [9.17, 15) is 0 Å². The SMILES string of the molecule is CC(C)(C)c1ccnc(-c2[c-]ccc(-c3cc4ccccc4c4ccccc34)c2)c1.[2H]C([2H])([2H])c1c[c-]c(-c2ccc(C([2H])([2H])[2H])cn2)cc1.[Ir]. The Hall–Kier alpha value is -4.43. The number of fused-ring (bicyclic) bond motifs is 3. The van der Waals surface area contributed by atoms with Crippen molar-refractivity contribution >= 4 is 21.5 Å². The molecule has 45 heavy (non-hydrogen) atoms. The smallest absolute Gasteiger partial charge is 0.0280 e. The molecule has 225 valence electrons. The molecule has 2 nitrogen and oxygen atoms in total. The number of hydrogen-bond acceptors (Lipinski definition) is 2. The molecule has 0 aliphatic carbocycles. The molecule has 3 heteroatoms. The Bertz CT molecular complexity index is 2220. The second-order valence-corrected chi connectivity index (χ2v) is 11.8. The molecule has 0 saturated heterocycles. The van der Waals surface area contributed by atoms with Gasteiger partial charge in [0.25, 0.3) is 0 Å². The Morgan fingerprint density at radius 3 is 2.11 bits per heavy atom. The molecule has 0 aliphatic rings. The van der Waals surface area contributed by atoms with E-state index in [0.717, 1.165) is 11.3 Å². The molecule has 0 N–H and O–H groups in total. The summed E-state index contributed by atoms with van der Waals surface area (Å²) >= 11 is 0. The van der Waals surface area contributed by atoms with Gasteiger partial charge in [0.05, 0.1) is 0 Å². The quantitative estimate of drug-likeness (QED) is 0.132. The standard InChI is InChI=1S/C29H24N.C13H12N.Ir/c1-29(2,3)23-15-16-30-28(19-23)22-11-8-10-20(17-22)27-18-21-9-4-5-12-24(21)25-13-6-7-14-26(25)27;1-10-3-6-12(7-4-10)13-8-5-11(2)9-14-13;/h4-10,12-19H,1-3H3;3-6,8-9H,1-2H3;/q2*-1;/i;1D3,2D3;. The van der Waals surface area contributed by atoms with Gasteiger partial charge < -0.3 is 9.97 Å². The van der Waals surface area contributed by atoms with Crippen LogP contribution in [0.2, 0.25) is 0 Å². The molecule has 0 atom stereocenters. The van der Waals surface area contributed by atoms with Gasteiger partial charge in [-0.1, -0.05) is 94.4 Å². The largest absolute Gasteiger partial charge is 0.305 e. The third-order valence-electron chi connectivity index (χ3n) is 7.63. The normalized spacial score (nSPS) is 13.6. The van der Waals surface area contributed by atoms with Crippen molar-refractivity contribution < 1.29 is 28.3 Å². The van der Waals surface area contributed by atoms with Crippen molar-refractivity contribution in [3.8, 4) is 33.6 Å². The number of hydrogen-bond donors (Lipinski definition) is 0. The summed E-state index contributed by atoms with van der Waals surface area (Å²) in [6.07, 6.45) is 3.20. The van der Waals surface area contributed by atoms with Crippen LogP contribution in [0.1, 0.15) is 45.7 Å². The first-order chi connectivity index (χ1) is 23.7. The first-order valence-electron chi connectivity index (χ1n) is 17.6. The minimum absolute atomic E-state index is 0. The van der Waals surface area contributed by atoms with Crippen molar-refractivity contribution in [1.29, 1.82) is 0 Å². The van der Waals surface area contributed by atoms with Gasteiger partial charge in [-0.25, -0.2) is 0 Å². The predicted molar refractivity (Wildman–Crippen MR) is 186 cm³/mol. The molecule has 0 bridgehead atoms. The number of rotatable bonds is 3. The van der Waals surface area contributed by atoms with E-state index in [1.165, 1.54) is 62.6 Å². The molecule has 0 amide bonds. The van der Waals surface area contributed by atoms with E-state index in [1.807, 2.05) is 12.3 Å². The van der Waals surface area contributed by atoms with Crippen LogP contribution in [-0.4, -0.2) is 9.97 Å². The zero-order valence-corrected chi connectivity index (χ0v) is 27.7. The molecular formula is C42H36IrN2-2. The van der Waals surface area contributed by atoms with Crippen LogP contribution < -0.4 is 0 Å². The molecule has 7 aromatic rings. The molecule has 2 heterocycles. The van der Waals surface area contributed by atoms with Gasteiger partial charge in [0.1, 0.15) is 0 Å². The summed E-state index contributed by atoms with van der Waals surface area (Å²) < 4.78 is 43.6. The summed E-state index contributed by atoms with van der Waals surface area (Å²) in [6.45, 7) is 2.35. The summed E-state index contributed by atoms with van der Waals surface area (Å²) in [7, 11) is 0. The third-order valence-corrected chi connectivity index (χ3v) is 7.63. The fourth-order valence-corrected chi connectivity index (χ4v) is 5.26. The average Bonchev–Trinajstić information content (AvgIpc) is 3.11. The molecule has 0 spiro atoms. The Kier molecular flexibility index (Phi) is 7.56. The van der Waals surface area contributed by atoms with Crippen LogP contribution in [0.15, 0.2) is 128 Å². The third kappa shape index (κ3) is 7.28. The van der Waals surface area contributed by atoms with Gasteiger partial charge in [-0.3, -0.25) is 0 Å². The summed E-state index contributed by atoms with van der Waals surface area (Å²) in [5.74, 6) is 0. The molecule has 7 rings (SSSR count). The second-order valence-electron chi connectivity index (χ2n) is 11.8. The molecule has 2 aromatic heterocycles. The maximum Gasteiger partial charge on any atom is 0.0280 e. The van der Waals surface area contributed by atoms with E-state index < -0.39 is 13.7 Å².